The molecule has 1 N–H and O–H groups in total. The second-order valence-electron chi connectivity index (χ2n) is 3.88. The number of H-pyrrole nitrogens is 1. The minimum atomic E-state index is 0.0625. The normalized spacial score (nSPS) is 13.3. The fourth-order valence-corrected chi connectivity index (χ4v) is 1.30. The van der Waals surface area contributed by atoms with E-state index in [1.807, 2.05) is 26.8 Å². The molecule has 2 aromatic heterocycles. The van der Waals surface area contributed by atoms with E-state index in [-0.39, 0.29) is 11.8 Å². The highest BCUT2D eigenvalue weighted by atomic mass is 16.5. The summed E-state index contributed by atoms with van der Waals surface area (Å²) < 4.78 is 5.20. The van der Waals surface area contributed by atoms with Crippen LogP contribution in [0.3, 0.4) is 0 Å². The van der Waals surface area contributed by atoms with Gasteiger partial charge in [-0.05, 0) is 13.0 Å². The van der Waals surface area contributed by atoms with Gasteiger partial charge in [0.05, 0.1) is 5.92 Å². The van der Waals surface area contributed by atoms with Crippen LogP contribution in [0.2, 0.25) is 0 Å². The fourth-order valence-electron chi connectivity index (χ4n) is 1.30. The van der Waals surface area contributed by atoms with Gasteiger partial charge in [-0.2, -0.15) is 10.1 Å². The van der Waals surface area contributed by atoms with Crippen molar-refractivity contribution in [1.29, 1.82) is 0 Å². The second-order valence-corrected chi connectivity index (χ2v) is 3.88. The smallest absolute Gasteiger partial charge is 0.235 e. The maximum atomic E-state index is 5.20. The largest absolute Gasteiger partial charge is 0.339 e. The predicted molar refractivity (Wildman–Crippen MR) is 54.5 cm³/mol. The Hall–Kier alpha value is -1.65. The van der Waals surface area contributed by atoms with Gasteiger partial charge in [0.1, 0.15) is 0 Å². The second kappa shape index (κ2) is 3.84. The molecule has 0 radical (unpaired) electrons. The standard InChI is InChI=1S/C10H14N4O/c1-6(2)9-12-10(15-14-9)7(3)8-4-5-11-13-8/h4-7H,1-3H3,(H,11,13). The summed E-state index contributed by atoms with van der Waals surface area (Å²) in [5.74, 6) is 1.73. The predicted octanol–water partition coefficient (Wildman–Crippen LogP) is 2.07. The SMILES string of the molecule is CC(C)c1noc(C(C)c2ccn[nH]2)n1. The van der Waals surface area contributed by atoms with E-state index < -0.39 is 0 Å². The Labute approximate surface area is 87.9 Å². The van der Waals surface area contributed by atoms with Crippen LogP contribution in [-0.2, 0) is 0 Å². The average Bonchev–Trinajstić information content (AvgIpc) is 2.88. The van der Waals surface area contributed by atoms with E-state index >= 15 is 0 Å². The summed E-state index contributed by atoms with van der Waals surface area (Å²) in [4.78, 5) is 4.34. The molecule has 0 fully saturated rings. The van der Waals surface area contributed by atoms with Crippen molar-refractivity contribution in [3.05, 3.63) is 29.7 Å². The van der Waals surface area contributed by atoms with Crippen LogP contribution in [0.4, 0.5) is 0 Å². The monoisotopic (exact) mass is 206 g/mol. The Bertz CT molecular complexity index is 418. The van der Waals surface area contributed by atoms with Gasteiger partial charge in [-0.1, -0.05) is 19.0 Å². The van der Waals surface area contributed by atoms with E-state index in [0.29, 0.717) is 5.89 Å². The summed E-state index contributed by atoms with van der Waals surface area (Å²) in [7, 11) is 0. The first-order valence-electron chi connectivity index (χ1n) is 5.01. The van der Waals surface area contributed by atoms with E-state index in [4.69, 9.17) is 4.52 Å². The first-order valence-corrected chi connectivity index (χ1v) is 5.01. The molecule has 0 spiro atoms. The van der Waals surface area contributed by atoms with Crippen molar-refractivity contribution in [3.8, 4) is 0 Å². The lowest BCUT2D eigenvalue weighted by Crippen LogP contribution is -1.98. The molecule has 0 saturated heterocycles. The van der Waals surface area contributed by atoms with Gasteiger partial charge in [-0.3, -0.25) is 5.10 Å². The molecule has 1 atom stereocenters. The van der Waals surface area contributed by atoms with Gasteiger partial charge in [0.15, 0.2) is 5.82 Å². The lowest BCUT2D eigenvalue weighted by molar-refractivity contribution is 0.362. The molecule has 0 saturated carbocycles. The van der Waals surface area contributed by atoms with Crippen LogP contribution < -0.4 is 0 Å². The fraction of sp³-hybridized carbons (Fsp3) is 0.500. The molecule has 15 heavy (non-hydrogen) atoms. The number of rotatable bonds is 3. The third-order valence-electron chi connectivity index (χ3n) is 2.33. The number of aromatic amines is 1. The minimum absolute atomic E-state index is 0.0625. The first-order chi connectivity index (χ1) is 7.18. The molecule has 0 amide bonds. The van der Waals surface area contributed by atoms with Crippen molar-refractivity contribution >= 4 is 0 Å². The minimum Gasteiger partial charge on any atom is -0.339 e. The van der Waals surface area contributed by atoms with Gasteiger partial charge in [0.2, 0.25) is 5.89 Å². The number of nitrogens with one attached hydrogen (secondary N) is 1. The Morgan fingerprint density at radius 1 is 1.33 bits per heavy atom. The van der Waals surface area contributed by atoms with Crippen molar-refractivity contribution in [2.45, 2.75) is 32.6 Å². The molecule has 2 heterocycles. The zero-order valence-electron chi connectivity index (χ0n) is 9.06. The van der Waals surface area contributed by atoms with Gasteiger partial charge in [-0.15, -0.1) is 0 Å². The summed E-state index contributed by atoms with van der Waals surface area (Å²) in [5.41, 5.74) is 0.981. The van der Waals surface area contributed by atoms with Gasteiger partial charge < -0.3 is 4.52 Å². The van der Waals surface area contributed by atoms with E-state index in [9.17, 15) is 0 Å². The zero-order valence-corrected chi connectivity index (χ0v) is 9.06. The van der Waals surface area contributed by atoms with Crippen LogP contribution in [0.5, 0.6) is 0 Å². The molecule has 0 bridgehead atoms. The average molecular weight is 206 g/mol. The van der Waals surface area contributed by atoms with Crippen LogP contribution in [0.1, 0.15) is 50.0 Å². The lowest BCUT2D eigenvalue weighted by Gasteiger charge is -2.01. The molecule has 0 aliphatic rings. The maximum Gasteiger partial charge on any atom is 0.235 e. The Kier molecular flexibility index (Phi) is 2.53. The van der Waals surface area contributed by atoms with E-state index in [0.717, 1.165) is 11.5 Å². The third kappa shape index (κ3) is 1.91. The van der Waals surface area contributed by atoms with Crippen molar-refractivity contribution in [1.82, 2.24) is 20.3 Å². The molecule has 2 aromatic rings. The van der Waals surface area contributed by atoms with E-state index in [1.165, 1.54) is 0 Å². The highest BCUT2D eigenvalue weighted by Crippen LogP contribution is 2.21. The van der Waals surface area contributed by atoms with Crippen molar-refractivity contribution < 1.29 is 4.52 Å². The Morgan fingerprint density at radius 3 is 2.67 bits per heavy atom. The van der Waals surface area contributed by atoms with E-state index in [1.54, 1.807) is 6.20 Å². The van der Waals surface area contributed by atoms with Crippen molar-refractivity contribution in [2.24, 2.45) is 0 Å². The summed E-state index contributed by atoms with van der Waals surface area (Å²) in [5, 5.41) is 10.7. The Morgan fingerprint density at radius 2 is 2.13 bits per heavy atom. The summed E-state index contributed by atoms with van der Waals surface area (Å²) >= 11 is 0. The number of aromatic nitrogens is 4. The van der Waals surface area contributed by atoms with E-state index in [2.05, 4.69) is 20.3 Å². The molecule has 0 aliphatic heterocycles. The van der Waals surface area contributed by atoms with Crippen LogP contribution in [0, 0.1) is 0 Å². The third-order valence-corrected chi connectivity index (χ3v) is 2.33. The molecule has 5 nitrogen and oxygen atoms in total. The van der Waals surface area contributed by atoms with Gasteiger partial charge in [0, 0.05) is 17.8 Å². The number of hydrogen-bond donors (Lipinski definition) is 1. The van der Waals surface area contributed by atoms with Crippen molar-refractivity contribution in [2.75, 3.05) is 0 Å². The van der Waals surface area contributed by atoms with Crippen LogP contribution in [-0.4, -0.2) is 20.3 Å². The molecular weight excluding hydrogens is 192 g/mol. The summed E-state index contributed by atoms with van der Waals surface area (Å²) in [6.45, 7) is 6.08. The summed E-state index contributed by atoms with van der Waals surface area (Å²) in [6, 6.07) is 1.91. The molecule has 0 aromatic carbocycles. The topological polar surface area (TPSA) is 67.6 Å². The highest BCUT2D eigenvalue weighted by Gasteiger charge is 2.18. The number of hydrogen-bond acceptors (Lipinski definition) is 4. The molecule has 2 rings (SSSR count). The zero-order chi connectivity index (χ0) is 10.8. The molecule has 0 aliphatic carbocycles. The van der Waals surface area contributed by atoms with Crippen LogP contribution >= 0.6 is 0 Å². The van der Waals surface area contributed by atoms with Crippen LogP contribution in [0.25, 0.3) is 0 Å². The highest BCUT2D eigenvalue weighted by molar-refractivity contribution is 5.13. The van der Waals surface area contributed by atoms with Crippen LogP contribution in [0.15, 0.2) is 16.8 Å². The quantitative estimate of drug-likeness (QED) is 0.834. The first kappa shape index (κ1) is 9.89. The summed E-state index contributed by atoms with van der Waals surface area (Å²) in [6.07, 6.45) is 1.71. The van der Waals surface area contributed by atoms with Gasteiger partial charge >= 0.3 is 0 Å². The van der Waals surface area contributed by atoms with Gasteiger partial charge in [0.25, 0.3) is 0 Å². The lowest BCUT2D eigenvalue weighted by atomic mass is 10.1. The molecular formula is C10H14N4O. The number of nitrogens with zero attached hydrogens (tertiary/aromatic N) is 3. The molecule has 80 valence electrons. The molecule has 1 unspecified atom stereocenters. The van der Waals surface area contributed by atoms with Crippen molar-refractivity contribution in [3.63, 3.8) is 0 Å². The van der Waals surface area contributed by atoms with Gasteiger partial charge in [-0.25, -0.2) is 0 Å². The Balaban J connectivity index is 2.23. The molecule has 5 heteroatoms. The maximum absolute atomic E-state index is 5.20.